The Kier molecular flexibility index (Phi) is 7.25. The van der Waals surface area contributed by atoms with Crippen LogP contribution in [-0.4, -0.2) is 60.4 Å². The van der Waals surface area contributed by atoms with Gasteiger partial charge in [0, 0.05) is 23.7 Å². The normalized spacial score (nSPS) is 22.1. The van der Waals surface area contributed by atoms with Crippen molar-refractivity contribution in [3.8, 4) is 0 Å². The van der Waals surface area contributed by atoms with Gasteiger partial charge in [-0.3, -0.25) is 4.79 Å². The topological polar surface area (TPSA) is 75.9 Å². The van der Waals surface area contributed by atoms with Crippen molar-refractivity contribution in [2.24, 2.45) is 0 Å². The van der Waals surface area contributed by atoms with Gasteiger partial charge in [0.25, 0.3) is 0 Å². The first-order valence-electron chi connectivity index (χ1n) is 11.2. The van der Waals surface area contributed by atoms with Crippen molar-refractivity contribution in [1.29, 1.82) is 0 Å². The van der Waals surface area contributed by atoms with Gasteiger partial charge >= 0.3 is 0 Å². The minimum Gasteiger partial charge on any atom is -0.339 e. The van der Waals surface area contributed by atoms with Crippen LogP contribution in [-0.2, 0) is 4.79 Å². The number of unbranched alkanes of at least 4 members (excludes halogenated alkanes) is 1. The Balaban J connectivity index is 1.67. The summed E-state index contributed by atoms with van der Waals surface area (Å²) in [6, 6.07) is 0.663. The molecule has 1 aliphatic carbocycles. The van der Waals surface area contributed by atoms with Crippen molar-refractivity contribution in [2.45, 2.75) is 114 Å². The number of rotatable bonds is 8. The quantitative estimate of drug-likeness (QED) is 0.642. The summed E-state index contributed by atoms with van der Waals surface area (Å²) in [6.07, 6.45) is 8.84. The minimum atomic E-state index is 0.0247. The van der Waals surface area contributed by atoms with Crippen LogP contribution in [0.3, 0.4) is 0 Å². The van der Waals surface area contributed by atoms with Gasteiger partial charge in [0.15, 0.2) is 0 Å². The lowest BCUT2D eigenvalue weighted by Gasteiger charge is -2.49. The predicted molar refractivity (Wildman–Crippen MR) is 117 cm³/mol. The highest BCUT2D eigenvalue weighted by Crippen LogP contribution is 2.33. The molecule has 2 fully saturated rings. The zero-order valence-corrected chi connectivity index (χ0v) is 19.6. The SMILES string of the molecule is CCCCN(C(=O)CSc1nnnn1C1CCCC1)C1CC(C)(C)NC(C)(C)C1. The lowest BCUT2D eigenvalue weighted by molar-refractivity contribution is -0.132. The number of aromatic nitrogens is 4. The van der Waals surface area contributed by atoms with Gasteiger partial charge < -0.3 is 10.2 Å². The lowest BCUT2D eigenvalue weighted by atomic mass is 9.79. The summed E-state index contributed by atoms with van der Waals surface area (Å²) in [7, 11) is 0. The highest BCUT2D eigenvalue weighted by atomic mass is 32.2. The molecule has 29 heavy (non-hydrogen) atoms. The Morgan fingerprint density at radius 3 is 2.48 bits per heavy atom. The monoisotopic (exact) mass is 422 g/mol. The Labute approximate surface area is 179 Å². The van der Waals surface area contributed by atoms with E-state index in [4.69, 9.17) is 0 Å². The van der Waals surface area contributed by atoms with Crippen molar-refractivity contribution in [3.05, 3.63) is 0 Å². The molecule has 1 amide bonds. The summed E-state index contributed by atoms with van der Waals surface area (Å²) in [5, 5.41) is 16.8. The highest BCUT2D eigenvalue weighted by molar-refractivity contribution is 7.99. The second kappa shape index (κ2) is 9.33. The van der Waals surface area contributed by atoms with Crippen molar-refractivity contribution in [2.75, 3.05) is 12.3 Å². The standard InChI is InChI=1S/C21H38N6OS/c1-6-7-12-26(17-13-20(2,3)23-21(4,5)14-17)18(28)15-29-19-22-24-25-27(19)16-10-8-9-11-16/h16-17,23H,6-15H2,1-5H3. The molecule has 0 bridgehead atoms. The van der Waals surface area contributed by atoms with Gasteiger partial charge in [-0.15, -0.1) is 5.10 Å². The van der Waals surface area contributed by atoms with Gasteiger partial charge in [-0.25, -0.2) is 4.68 Å². The second-order valence-corrected chi connectivity index (χ2v) is 11.0. The number of thioether (sulfide) groups is 1. The summed E-state index contributed by atoms with van der Waals surface area (Å²) in [4.78, 5) is 15.4. The van der Waals surface area contributed by atoms with Crippen LogP contribution in [0.5, 0.6) is 0 Å². The molecule has 0 radical (unpaired) electrons. The van der Waals surface area contributed by atoms with Crippen LogP contribution in [0.4, 0.5) is 0 Å². The largest absolute Gasteiger partial charge is 0.339 e. The molecule has 7 nitrogen and oxygen atoms in total. The number of hydrogen-bond acceptors (Lipinski definition) is 6. The molecule has 1 aliphatic heterocycles. The van der Waals surface area contributed by atoms with Crippen LogP contribution >= 0.6 is 11.8 Å². The fraction of sp³-hybridized carbons (Fsp3) is 0.905. The average molecular weight is 423 g/mol. The average Bonchev–Trinajstić information content (AvgIpc) is 3.28. The Morgan fingerprint density at radius 2 is 1.86 bits per heavy atom. The smallest absolute Gasteiger partial charge is 0.233 e. The molecule has 2 aliphatic rings. The number of carbonyl (C=O) groups is 1. The van der Waals surface area contributed by atoms with Gasteiger partial charge in [0.2, 0.25) is 11.1 Å². The zero-order valence-electron chi connectivity index (χ0n) is 18.8. The molecule has 1 aromatic rings. The third-order valence-electron chi connectivity index (χ3n) is 6.14. The maximum absolute atomic E-state index is 13.3. The van der Waals surface area contributed by atoms with Gasteiger partial charge in [0.05, 0.1) is 11.8 Å². The molecule has 0 unspecified atom stereocenters. The van der Waals surface area contributed by atoms with Crippen molar-refractivity contribution in [3.63, 3.8) is 0 Å². The molecule has 1 saturated carbocycles. The molecule has 1 aromatic heterocycles. The van der Waals surface area contributed by atoms with E-state index in [1.807, 2.05) is 4.68 Å². The predicted octanol–water partition coefficient (Wildman–Crippen LogP) is 3.82. The summed E-state index contributed by atoms with van der Waals surface area (Å²) in [5.41, 5.74) is 0.0494. The number of piperidine rings is 1. The second-order valence-electron chi connectivity index (χ2n) is 10.0. The van der Waals surface area contributed by atoms with E-state index < -0.39 is 0 Å². The number of carbonyl (C=O) groups excluding carboxylic acids is 1. The molecule has 0 spiro atoms. The summed E-state index contributed by atoms with van der Waals surface area (Å²) < 4.78 is 1.94. The van der Waals surface area contributed by atoms with Gasteiger partial charge in [-0.2, -0.15) is 0 Å². The number of hydrogen-bond donors (Lipinski definition) is 1. The maximum atomic E-state index is 13.3. The molecular formula is C21H38N6OS. The lowest BCUT2D eigenvalue weighted by Crippen LogP contribution is -2.63. The molecular weight excluding hydrogens is 384 g/mol. The van der Waals surface area contributed by atoms with E-state index in [0.717, 1.165) is 50.2 Å². The van der Waals surface area contributed by atoms with E-state index in [2.05, 4.69) is 60.4 Å². The van der Waals surface area contributed by atoms with Gasteiger partial charge in [0.1, 0.15) is 0 Å². The number of nitrogens with zero attached hydrogens (tertiary/aromatic N) is 5. The van der Waals surface area contributed by atoms with Crippen LogP contribution in [0.25, 0.3) is 0 Å². The first-order valence-corrected chi connectivity index (χ1v) is 12.2. The van der Waals surface area contributed by atoms with E-state index in [0.29, 0.717) is 11.8 Å². The van der Waals surface area contributed by atoms with Gasteiger partial charge in [-0.05, 0) is 70.2 Å². The molecule has 8 heteroatoms. The van der Waals surface area contributed by atoms with Crippen molar-refractivity contribution in [1.82, 2.24) is 30.4 Å². The van der Waals surface area contributed by atoms with Gasteiger partial charge in [-0.1, -0.05) is 37.9 Å². The maximum Gasteiger partial charge on any atom is 0.233 e. The molecule has 1 N–H and O–H groups in total. The van der Waals surface area contributed by atoms with E-state index in [1.165, 1.54) is 24.6 Å². The van der Waals surface area contributed by atoms with Crippen molar-refractivity contribution >= 4 is 17.7 Å². The first-order chi connectivity index (χ1) is 13.7. The third-order valence-corrected chi connectivity index (χ3v) is 7.06. The Hall–Kier alpha value is -1.15. The molecule has 2 heterocycles. The Morgan fingerprint density at radius 1 is 1.21 bits per heavy atom. The van der Waals surface area contributed by atoms with E-state index in [1.54, 1.807) is 0 Å². The number of nitrogens with one attached hydrogen (secondary N) is 1. The van der Waals surface area contributed by atoms with E-state index in [-0.39, 0.29) is 23.0 Å². The van der Waals surface area contributed by atoms with E-state index in [9.17, 15) is 4.79 Å². The van der Waals surface area contributed by atoms with Crippen LogP contribution in [0, 0.1) is 0 Å². The van der Waals surface area contributed by atoms with E-state index >= 15 is 0 Å². The van der Waals surface area contributed by atoms with Crippen molar-refractivity contribution < 1.29 is 4.79 Å². The van der Waals surface area contributed by atoms with Crippen LogP contribution in [0.2, 0.25) is 0 Å². The zero-order chi connectivity index (χ0) is 21.1. The third kappa shape index (κ3) is 5.94. The Bertz CT molecular complexity index is 666. The van der Waals surface area contributed by atoms with Crippen LogP contribution < -0.4 is 5.32 Å². The first kappa shape index (κ1) is 22.5. The molecule has 1 saturated heterocycles. The molecule has 0 aromatic carbocycles. The summed E-state index contributed by atoms with van der Waals surface area (Å²) >= 11 is 1.49. The molecule has 0 atom stereocenters. The fourth-order valence-corrected chi connectivity index (χ4v) is 6.03. The fourth-order valence-electron chi connectivity index (χ4n) is 5.20. The molecule has 3 rings (SSSR count). The molecule has 164 valence electrons. The van der Waals surface area contributed by atoms with Crippen LogP contribution in [0.1, 0.15) is 92.0 Å². The number of amides is 1. The summed E-state index contributed by atoms with van der Waals surface area (Å²) in [5.74, 6) is 0.615. The number of tetrazole rings is 1. The summed E-state index contributed by atoms with van der Waals surface area (Å²) in [6.45, 7) is 12.0. The van der Waals surface area contributed by atoms with Crippen LogP contribution in [0.15, 0.2) is 5.16 Å². The highest BCUT2D eigenvalue weighted by Gasteiger charge is 2.41. The minimum absolute atomic E-state index is 0.0247.